The smallest absolute Gasteiger partial charge is 0.193 e. The number of ether oxygens (including phenoxy) is 3. The van der Waals surface area contributed by atoms with E-state index in [1.54, 1.807) is 7.11 Å². The zero-order valence-corrected chi connectivity index (χ0v) is 16.9. The Balaban J connectivity index is 1.62. The standard InChI is InChI=1S/C21H33N3O3/c1-22-21(24(2)14-16-10-11-26-15-16)23-13-17-8-9-19(25-3)12-20(17)27-18-6-4-5-7-18/h8-9,12,16,18H,4-7,10-11,13-15H2,1-3H3,(H,22,23). The number of aliphatic imine (C=N–C) groups is 1. The first-order chi connectivity index (χ1) is 13.2. The third-order valence-corrected chi connectivity index (χ3v) is 5.44. The fourth-order valence-electron chi connectivity index (χ4n) is 3.86. The number of guanidine groups is 1. The molecule has 1 N–H and O–H groups in total. The number of benzene rings is 1. The van der Waals surface area contributed by atoms with E-state index < -0.39 is 0 Å². The summed E-state index contributed by atoms with van der Waals surface area (Å²) in [7, 11) is 5.60. The zero-order valence-electron chi connectivity index (χ0n) is 16.9. The highest BCUT2D eigenvalue weighted by Crippen LogP contribution is 2.30. The number of hydrogen-bond acceptors (Lipinski definition) is 4. The summed E-state index contributed by atoms with van der Waals surface area (Å²) in [6.45, 7) is 3.34. The molecule has 1 unspecified atom stereocenters. The van der Waals surface area contributed by atoms with Crippen LogP contribution in [0.15, 0.2) is 23.2 Å². The number of methoxy groups -OCH3 is 1. The molecule has 27 heavy (non-hydrogen) atoms. The summed E-state index contributed by atoms with van der Waals surface area (Å²) in [5, 5.41) is 3.48. The number of rotatable bonds is 7. The minimum absolute atomic E-state index is 0.320. The third-order valence-electron chi connectivity index (χ3n) is 5.44. The molecule has 1 aromatic rings. The summed E-state index contributed by atoms with van der Waals surface area (Å²) in [4.78, 5) is 6.62. The maximum atomic E-state index is 6.29. The van der Waals surface area contributed by atoms with Crippen molar-refractivity contribution in [2.75, 3.05) is 41.0 Å². The van der Waals surface area contributed by atoms with Gasteiger partial charge in [-0.25, -0.2) is 0 Å². The largest absolute Gasteiger partial charge is 0.497 e. The van der Waals surface area contributed by atoms with E-state index in [-0.39, 0.29) is 0 Å². The Morgan fingerprint density at radius 1 is 1.30 bits per heavy atom. The number of nitrogens with zero attached hydrogens (tertiary/aromatic N) is 2. The molecule has 1 heterocycles. The lowest BCUT2D eigenvalue weighted by Gasteiger charge is -2.25. The molecule has 1 aromatic carbocycles. The molecule has 0 spiro atoms. The van der Waals surface area contributed by atoms with Gasteiger partial charge >= 0.3 is 0 Å². The molecule has 2 aliphatic rings. The van der Waals surface area contributed by atoms with Crippen LogP contribution in [0.25, 0.3) is 0 Å². The minimum Gasteiger partial charge on any atom is -0.497 e. The SMILES string of the molecule is CN=C(NCc1ccc(OC)cc1OC1CCCC1)N(C)CC1CCOC1. The monoisotopic (exact) mass is 375 g/mol. The van der Waals surface area contributed by atoms with Crippen LogP contribution in [0.4, 0.5) is 0 Å². The summed E-state index contributed by atoms with van der Waals surface area (Å²) in [5.74, 6) is 3.21. The molecule has 6 heteroatoms. The highest BCUT2D eigenvalue weighted by atomic mass is 16.5. The van der Waals surface area contributed by atoms with Gasteiger partial charge in [-0.2, -0.15) is 0 Å². The van der Waals surface area contributed by atoms with Crippen LogP contribution >= 0.6 is 0 Å². The highest BCUT2D eigenvalue weighted by molar-refractivity contribution is 5.79. The maximum absolute atomic E-state index is 6.29. The van der Waals surface area contributed by atoms with E-state index in [0.717, 1.165) is 62.0 Å². The van der Waals surface area contributed by atoms with Crippen molar-refractivity contribution in [2.45, 2.75) is 44.8 Å². The highest BCUT2D eigenvalue weighted by Gasteiger charge is 2.20. The quantitative estimate of drug-likeness (QED) is 0.586. The number of hydrogen-bond donors (Lipinski definition) is 1. The summed E-state index contributed by atoms with van der Waals surface area (Å²) >= 11 is 0. The fraction of sp³-hybridized carbons (Fsp3) is 0.667. The molecule has 1 saturated carbocycles. The lowest BCUT2D eigenvalue weighted by Crippen LogP contribution is -2.41. The summed E-state index contributed by atoms with van der Waals surface area (Å²) in [6, 6.07) is 6.06. The van der Waals surface area contributed by atoms with Gasteiger partial charge in [-0.15, -0.1) is 0 Å². The van der Waals surface area contributed by atoms with Crippen molar-refractivity contribution in [1.29, 1.82) is 0 Å². The van der Waals surface area contributed by atoms with Gasteiger partial charge in [0.05, 0.1) is 19.8 Å². The average Bonchev–Trinajstić information content (AvgIpc) is 3.37. The van der Waals surface area contributed by atoms with Gasteiger partial charge in [0.2, 0.25) is 0 Å². The van der Waals surface area contributed by atoms with Crippen LogP contribution in [0.1, 0.15) is 37.7 Å². The summed E-state index contributed by atoms with van der Waals surface area (Å²) < 4.78 is 17.2. The molecule has 1 saturated heterocycles. The minimum atomic E-state index is 0.320. The predicted molar refractivity (Wildman–Crippen MR) is 108 cm³/mol. The van der Waals surface area contributed by atoms with Gasteiger partial charge in [-0.1, -0.05) is 0 Å². The van der Waals surface area contributed by atoms with Gasteiger partial charge in [0.1, 0.15) is 11.5 Å². The average molecular weight is 376 g/mol. The van der Waals surface area contributed by atoms with Gasteiger partial charge in [-0.3, -0.25) is 4.99 Å². The van der Waals surface area contributed by atoms with E-state index in [0.29, 0.717) is 18.6 Å². The topological polar surface area (TPSA) is 55.3 Å². The van der Waals surface area contributed by atoms with Crippen molar-refractivity contribution < 1.29 is 14.2 Å². The Labute approximate surface area is 162 Å². The number of nitrogens with one attached hydrogen (secondary N) is 1. The first-order valence-corrected chi connectivity index (χ1v) is 10.0. The molecular weight excluding hydrogens is 342 g/mol. The molecule has 1 aliphatic heterocycles. The van der Waals surface area contributed by atoms with Crippen LogP contribution in [0.5, 0.6) is 11.5 Å². The van der Waals surface area contributed by atoms with E-state index in [2.05, 4.69) is 28.3 Å². The zero-order chi connectivity index (χ0) is 19.1. The van der Waals surface area contributed by atoms with Gasteiger partial charge in [0, 0.05) is 51.3 Å². The van der Waals surface area contributed by atoms with E-state index in [9.17, 15) is 0 Å². The van der Waals surface area contributed by atoms with Crippen LogP contribution in [0, 0.1) is 5.92 Å². The molecule has 150 valence electrons. The van der Waals surface area contributed by atoms with Gasteiger partial charge in [0.15, 0.2) is 5.96 Å². The molecular formula is C21H33N3O3. The van der Waals surface area contributed by atoms with Gasteiger partial charge in [-0.05, 0) is 44.2 Å². The van der Waals surface area contributed by atoms with Crippen molar-refractivity contribution in [3.63, 3.8) is 0 Å². The van der Waals surface area contributed by atoms with Crippen LogP contribution in [-0.2, 0) is 11.3 Å². The lowest BCUT2D eigenvalue weighted by atomic mass is 10.1. The Hall–Kier alpha value is -1.95. The maximum Gasteiger partial charge on any atom is 0.193 e. The molecule has 1 aliphatic carbocycles. The van der Waals surface area contributed by atoms with Gasteiger partial charge < -0.3 is 24.4 Å². The van der Waals surface area contributed by atoms with Crippen LogP contribution < -0.4 is 14.8 Å². The van der Waals surface area contributed by atoms with Gasteiger partial charge in [0.25, 0.3) is 0 Å². The summed E-state index contributed by atoms with van der Waals surface area (Å²) in [5.41, 5.74) is 1.13. The van der Waals surface area contributed by atoms with Crippen molar-refractivity contribution in [2.24, 2.45) is 10.9 Å². The molecule has 0 radical (unpaired) electrons. The van der Waals surface area contributed by atoms with Crippen molar-refractivity contribution in [3.8, 4) is 11.5 Å². The van der Waals surface area contributed by atoms with E-state index in [1.807, 2.05) is 19.2 Å². The van der Waals surface area contributed by atoms with E-state index in [4.69, 9.17) is 14.2 Å². The second-order valence-corrected chi connectivity index (χ2v) is 7.51. The van der Waals surface area contributed by atoms with Crippen LogP contribution in [0.3, 0.4) is 0 Å². The molecule has 0 aromatic heterocycles. The Morgan fingerprint density at radius 3 is 2.78 bits per heavy atom. The Kier molecular flexibility index (Phi) is 7.21. The van der Waals surface area contributed by atoms with Crippen molar-refractivity contribution in [3.05, 3.63) is 23.8 Å². The molecule has 2 fully saturated rings. The van der Waals surface area contributed by atoms with Crippen molar-refractivity contribution in [1.82, 2.24) is 10.2 Å². The lowest BCUT2D eigenvalue weighted by molar-refractivity contribution is 0.181. The first kappa shape index (κ1) is 19.8. The van der Waals surface area contributed by atoms with E-state index >= 15 is 0 Å². The first-order valence-electron chi connectivity index (χ1n) is 10.0. The fourth-order valence-corrected chi connectivity index (χ4v) is 3.86. The molecule has 0 amide bonds. The second kappa shape index (κ2) is 9.83. The van der Waals surface area contributed by atoms with E-state index in [1.165, 1.54) is 12.8 Å². The molecule has 6 nitrogen and oxygen atoms in total. The van der Waals surface area contributed by atoms with Crippen LogP contribution in [-0.4, -0.2) is 57.9 Å². The van der Waals surface area contributed by atoms with Crippen molar-refractivity contribution >= 4 is 5.96 Å². The third kappa shape index (κ3) is 5.51. The Bertz CT molecular complexity index is 623. The Morgan fingerprint density at radius 2 is 2.11 bits per heavy atom. The molecule has 0 bridgehead atoms. The van der Waals surface area contributed by atoms with Crippen LogP contribution in [0.2, 0.25) is 0 Å². The predicted octanol–water partition coefficient (Wildman–Crippen LogP) is 3.06. The second-order valence-electron chi connectivity index (χ2n) is 7.51. The normalized spacial score (nSPS) is 20.7. The molecule has 3 rings (SSSR count). The molecule has 1 atom stereocenters. The summed E-state index contributed by atoms with van der Waals surface area (Å²) in [6.07, 6.45) is 6.23.